The monoisotopic (exact) mass is 488 g/mol. The summed E-state index contributed by atoms with van der Waals surface area (Å²) < 4.78 is 1.66. The Kier molecular flexibility index (Phi) is 5.78. The third-order valence-electron chi connectivity index (χ3n) is 5.06. The van der Waals surface area contributed by atoms with E-state index in [0.29, 0.717) is 15.2 Å². The number of nitro groups is 1. The number of nitrogens with one attached hydrogen (secondary N) is 1. The molecule has 168 valence electrons. The fourth-order valence-corrected chi connectivity index (χ4v) is 4.90. The van der Waals surface area contributed by atoms with Gasteiger partial charge < -0.3 is 4.57 Å². The topological polar surface area (TPSA) is 116 Å². The SMILES string of the molecule is Cn1cnnc1Sc1ccc(C(=O)Nc2nc(-c3ccc4ccccc4c3)cs2)cc1[N+](=O)[O-]. The van der Waals surface area contributed by atoms with E-state index in [4.69, 9.17) is 0 Å². The summed E-state index contributed by atoms with van der Waals surface area (Å²) in [6.07, 6.45) is 1.51. The number of nitrogens with zero attached hydrogens (tertiary/aromatic N) is 5. The van der Waals surface area contributed by atoms with Gasteiger partial charge in [0.25, 0.3) is 11.6 Å². The largest absolute Gasteiger partial charge is 0.311 e. The van der Waals surface area contributed by atoms with E-state index in [0.717, 1.165) is 33.8 Å². The highest BCUT2D eigenvalue weighted by Crippen LogP contribution is 2.34. The van der Waals surface area contributed by atoms with Crippen LogP contribution in [0.2, 0.25) is 0 Å². The molecule has 1 N–H and O–H groups in total. The van der Waals surface area contributed by atoms with Crippen LogP contribution in [0, 0.1) is 10.1 Å². The lowest BCUT2D eigenvalue weighted by Gasteiger charge is -2.06. The van der Waals surface area contributed by atoms with Crippen molar-refractivity contribution < 1.29 is 9.72 Å². The first-order valence-electron chi connectivity index (χ1n) is 10.0. The Morgan fingerprint density at radius 2 is 1.94 bits per heavy atom. The Hall–Kier alpha value is -4.09. The molecule has 0 aliphatic heterocycles. The van der Waals surface area contributed by atoms with Crippen molar-refractivity contribution in [2.24, 2.45) is 7.05 Å². The second-order valence-corrected chi connectivity index (χ2v) is 9.19. The van der Waals surface area contributed by atoms with Crippen LogP contribution in [0.5, 0.6) is 0 Å². The summed E-state index contributed by atoms with van der Waals surface area (Å²) in [5, 5.41) is 27.1. The molecule has 0 bridgehead atoms. The first-order chi connectivity index (χ1) is 16.5. The Labute approximate surface area is 201 Å². The first kappa shape index (κ1) is 21.7. The molecule has 0 fully saturated rings. The standard InChI is InChI=1S/C23H16N6O3S2/c1-28-13-24-27-23(28)34-20-9-8-17(11-19(20)29(31)32)21(30)26-22-25-18(12-33-22)16-7-6-14-4-2-3-5-15(14)10-16/h2-13H,1H3,(H,25,26,30). The number of aryl methyl sites for hydroxylation is 1. The minimum absolute atomic E-state index is 0.163. The van der Waals surface area contributed by atoms with Crippen molar-refractivity contribution in [2.45, 2.75) is 10.1 Å². The van der Waals surface area contributed by atoms with Crippen LogP contribution in [-0.2, 0) is 7.05 Å². The summed E-state index contributed by atoms with van der Waals surface area (Å²) in [5.41, 5.74) is 1.66. The number of rotatable bonds is 6. The predicted molar refractivity (Wildman–Crippen MR) is 131 cm³/mol. The van der Waals surface area contributed by atoms with E-state index in [1.807, 2.05) is 47.8 Å². The van der Waals surface area contributed by atoms with Crippen LogP contribution in [0.25, 0.3) is 22.0 Å². The van der Waals surface area contributed by atoms with Gasteiger partial charge in [-0.2, -0.15) is 0 Å². The van der Waals surface area contributed by atoms with Gasteiger partial charge in [0.1, 0.15) is 6.33 Å². The summed E-state index contributed by atoms with van der Waals surface area (Å²) in [5.74, 6) is -0.474. The summed E-state index contributed by atoms with van der Waals surface area (Å²) in [7, 11) is 1.75. The van der Waals surface area contributed by atoms with E-state index in [-0.39, 0.29) is 11.3 Å². The molecule has 3 aromatic carbocycles. The van der Waals surface area contributed by atoms with Gasteiger partial charge in [-0.3, -0.25) is 20.2 Å². The van der Waals surface area contributed by atoms with Crippen molar-refractivity contribution in [3.8, 4) is 11.3 Å². The molecule has 34 heavy (non-hydrogen) atoms. The molecule has 2 heterocycles. The van der Waals surface area contributed by atoms with Crippen LogP contribution >= 0.6 is 23.1 Å². The lowest BCUT2D eigenvalue weighted by Crippen LogP contribution is -2.12. The number of anilines is 1. The highest BCUT2D eigenvalue weighted by Gasteiger charge is 2.20. The second kappa shape index (κ2) is 9.04. The zero-order valence-corrected chi connectivity index (χ0v) is 19.3. The second-order valence-electron chi connectivity index (χ2n) is 7.32. The molecule has 0 saturated carbocycles. The number of hydrogen-bond acceptors (Lipinski definition) is 8. The number of aromatic nitrogens is 4. The van der Waals surface area contributed by atoms with Crippen LogP contribution in [0.3, 0.4) is 0 Å². The molecule has 5 rings (SSSR count). The van der Waals surface area contributed by atoms with E-state index >= 15 is 0 Å². The zero-order chi connectivity index (χ0) is 23.7. The van der Waals surface area contributed by atoms with Crippen LogP contribution < -0.4 is 5.32 Å². The number of nitro benzene ring substituents is 1. The molecule has 0 aliphatic rings. The van der Waals surface area contributed by atoms with Crippen molar-refractivity contribution in [2.75, 3.05) is 5.32 Å². The number of thiazole rings is 1. The van der Waals surface area contributed by atoms with E-state index in [1.165, 1.54) is 29.8 Å². The molecule has 0 atom stereocenters. The number of fused-ring (bicyclic) bond motifs is 1. The third kappa shape index (κ3) is 4.38. The van der Waals surface area contributed by atoms with Gasteiger partial charge >= 0.3 is 0 Å². The fourth-order valence-electron chi connectivity index (χ4n) is 3.33. The van der Waals surface area contributed by atoms with E-state index in [9.17, 15) is 14.9 Å². The van der Waals surface area contributed by atoms with Crippen molar-refractivity contribution in [3.63, 3.8) is 0 Å². The maximum Gasteiger partial charge on any atom is 0.284 e. The van der Waals surface area contributed by atoms with Gasteiger partial charge in [0.05, 0.1) is 15.5 Å². The highest BCUT2D eigenvalue weighted by molar-refractivity contribution is 7.99. The molecule has 1 amide bonds. The minimum atomic E-state index is -0.517. The molecular formula is C23H16N6O3S2. The van der Waals surface area contributed by atoms with E-state index in [1.54, 1.807) is 17.7 Å². The van der Waals surface area contributed by atoms with Gasteiger partial charge in [0.2, 0.25) is 0 Å². The van der Waals surface area contributed by atoms with Crippen LogP contribution in [-0.4, -0.2) is 30.6 Å². The number of benzene rings is 3. The highest BCUT2D eigenvalue weighted by atomic mass is 32.2. The minimum Gasteiger partial charge on any atom is -0.311 e. The van der Waals surface area contributed by atoms with Gasteiger partial charge in [-0.05, 0) is 40.7 Å². The number of hydrogen-bond donors (Lipinski definition) is 1. The maximum atomic E-state index is 12.8. The van der Waals surface area contributed by atoms with Crippen molar-refractivity contribution in [1.82, 2.24) is 19.7 Å². The average Bonchev–Trinajstić information content (AvgIpc) is 3.47. The van der Waals surface area contributed by atoms with E-state index in [2.05, 4.69) is 20.5 Å². The Morgan fingerprint density at radius 3 is 2.71 bits per heavy atom. The van der Waals surface area contributed by atoms with Crippen molar-refractivity contribution >= 4 is 50.6 Å². The molecule has 0 aliphatic carbocycles. The predicted octanol–water partition coefficient (Wildman–Crippen LogP) is 5.40. The normalized spacial score (nSPS) is 11.0. The van der Waals surface area contributed by atoms with Gasteiger partial charge in [-0.1, -0.05) is 36.4 Å². The lowest BCUT2D eigenvalue weighted by atomic mass is 10.1. The first-order valence-corrected chi connectivity index (χ1v) is 11.7. The molecular weight excluding hydrogens is 472 g/mol. The maximum absolute atomic E-state index is 12.8. The number of amides is 1. The number of carbonyl (C=O) groups excluding carboxylic acids is 1. The Bertz CT molecular complexity index is 1540. The molecule has 5 aromatic rings. The van der Waals surface area contributed by atoms with Crippen molar-refractivity contribution in [3.05, 3.63) is 88.0 Å². The Morgan fingerprint density at radius 1 is 1.12 bits per heavy atom. The smallest absolute Gasteiger partial charge is 0.284 e. The molecule has 9 nitrogen and oxygen atoms in total. The van der Waals surface area contributed by atoms with Gasteiger partial charge in [-0.15, -0.1) is 21.5 Å². The lowest BCUT2D eigenvalue weighted by molar-refractivity contribution is -0.387. The van der Waals surface area contributed by atoms with Crippen LogP contribution in [0.15, 0.2) is 82.4 Å². The molecule has 0 spiro atoms. The van der Waals surface area contributed by atoms with Gasteiger partial charge in [0.15, 0.2) is 10.3 Å². The molecule has 0 unspecified atom stereocenters. The number of carbonyl (C=O) groups is 1. The van der Waals surface area contributed by atoms with Crippen molar-refractivity contribution in [1.29, 1.82) is 0 Å². The molecule has 11 heteroatoms. The quantitative estimate of drug-likeness (QED) is 0.251. The summed E-state index contributed by atoms with van der Waals surface area (Å²) in [4.78, 5) is 28.8. The Balaban J connectivity index is 1.36. The van der Waals surface area contributed by atoms with Gasteiger partial charge in [0, 0.05) is 29.6 Å². The molecule has 2 aromatic heterocycles. The third-order valence-corrected chi connectivity index (χ3v) is 6.93. The fraction of sp³-hybridized carbons (Fsp3) is 0.0435. The van der Waals surface area contributed by atoms with Crippen LogP contribution in [0.1, 0.15) is 10.4 Å². The summed E-state index contributed by atoms with van der Waals surface area (Å²) in [6, 6.07) is 18.4. The van der Waals surface area contributed by atoms with Gasteiger partial charge in [-0.25, -0.2) is 4.98 Å². The molecule has 0 radical (unpaired) electrons. The average molecular weight is 489 g/mol. The van der Waals surface area contributed by atoms with Crippen LogP contribution in [0.4, 0.5) is 10.8 Å². The summed E-state index contributed by atoms with van der Waals surface area (Å²) in [6.45, 7) is 0. The van der Waals surface area contributed by atoms with E-state index < -0.39 is 10.8 Å². The molecule has 0 saturated heterocycles. The summed E-state index contributed by atoms with van der Waals surface area (Å²) >= 11 is 2.40. The zero-order valence-electron chi connectivity index (χ0n) is 17.7.